The van der Waals surface area contributed by atoms with Crippen molar-refractivity contribution in [1.29, 1.82) is 0 Å². The van der Waals surface area contributed by atoms with E-state index in [-0.39, 0.29) is 11.7 Å². The first-order valence-electron chi connectivity index (χ1n) is 8.86. The molecule has 0 aliphatic heterocycles. The summed E-state index contributed by atoms with van der Waals surface area (Å²) in [6, 6.07) is 12.8. The van der Waals surface area contributed by atoms with Gasteiger partial charge in [-0.1, -0.05) is 24.3 Å². The Morgan fingerprint density at radius 1 is 1.11 bits per heavy atom. The number of carbonyl (C=O) groups is 2. The fraction of sp³-hybridized carbons (Fsp3) is 0.238. The molecule has 0 heterocycles. The Bertz CT molecular complexity index is 849. The van der Waals surface area contributed by atoms with E-state index in [1.165, 1.54) is 18.2 Å². The van der Waals surface area contributed by atoms with Crippen molar-refractivity contribution in [2.75, 3.05) is 18.4 Å². The van der Waals surface area contributed by atoms with Crippen molar-refractivity contribution in [1.82, 2.24) is 4.90 Å². The van der Waals surface area contributed by atoms with Gasteiger partial charge in [-0.2, -0.15) is 8.78 Å². The lowest BCUT2D eigenvalue weighted by molar-refractivity contribution is -0.111. The van der Waals surface area contributed by atoms with E-state index in [1.807, 2.05) is 13.8 Å². The monoisotopic (exact) mass is 388 g/mol. The Morgan fingerprint density at radius 3 is 2.50 bits per heavy atom. The molecule has 2 amide bonds. The number of carbonyl (C=O) groups excluding carboxylic acids is 2. The molecule has 0 aliphatic carbocycles. The van der Waals surface area contributed by atoms with Crippen molar-refractivity contribution in [3.8, 4) is 5.75 Å². The second-order valence-corrected chi connectivity index (χ2v) is 5.80. The highest BCUT2D eigenvalue weighted by atomic mass is 19.3. The molecule has 0 saturated carbocycles. The molecule has 2 aromatic rings. The Morgan fingerprint density at radius 2 is 1.82 bits per heavy atom. The molecule has 5 nitrogen and oxygen atoms in total. The zero-order valence-corrected chi connectivity index (χ0v) is 15.7. The van der Waals surface area contributed by atoms with Crippen molar-refractivity contribution in [3.63, 3.8) is 0 Å². The normalized spacial score (nSPS) is 10.9. The average molecular weight is 388 g/mol. The summed E-state index contributed by atoms with van der Waals surface area (Å²) in [5, 5.41) is 2.66. The predicted molar refractivity (Wildman–Crippen MR) is 104 cm³/mol. The molecular formula is C21H22F2N2O3. The number of anilines is 1. The quantitative estimate of drug-likeness (QED) is 0.681. The first-order chi connectivity index (χ1) is 13.4. The highest BCUT2D eigenvalue weighted by molar-refractivity contribution is 6.03. The first-order valence-corrected chi connectivity index (χ1v) is 8.86. The molecule has 28 heavy (non-hydrogen) atoms. The molecule has 148 valence electrons. The number of benzene rings is 2. The highest BCUT2D eigenvalue weighted by Crippen LogP contribution is 2.21. The number of ether oxygens (including phenoxy) is 1. The molecule has 1 N–H and O–H groups in total. The molecule has 0 saturated heterocycles. The lowest BCUT2D eigenvalue weighted by atomic mass is 10.1. The summed E-state index contributed by atoms with van der Waals surface area (Å²) in [6.45, 7) is 2.03. The molecule has 0 spiro atoms. The van der Waals surface area contributed by atoms with E-state index in [0.29, 0.717) is 29.9 Å². The lowest BCUT2D eigenvalue weighted by Gasteiger charge is -2.18. The first kappa shape index (κ1) is 21.1. The van der Waals surface area contributed by atoms with Crippen molar-refractivity contribution < 1.29 is 23.1 Å². The van der Waals surface area contributed by atoms with Gasteiger partial charge in [-0.05, 0) is 44.2 Å². The SMILES string of the molecule is CCN(CC)C(=O)c1cccc(NC(=O)/C=C/c2ccccc2OC(F)F)c1. The van der Waals surface area contributed by atoms with E-state index in [1.54, 1.807) is 47.4 Å². The van der Waals surface area contributed by atoms with E-state index in [2.05, 4.69) is 10.1 Å². The van der Waals surface area contributed by atoms with Crippen LogP contribution in [0.5, 0.6) is 5.75 Å². The van der Waals surface area contributed by atoms with Crippen LogP contribution in [0.15, 0.2) is 54.6 Å². The number of nitrogens with zero attached hydrogens (tertiary/aromatic N) is 1. The van der Waals surface area contributed by atoms with Gasteiger partial charge in [0.15, 0.2) is 0 Å². The fourth-order valence-corrected chi connectivity index (χ4v) is 2.59. The van der Waals surface area contributed by atoms with Crippen LogP contribution in [0.1, 0.15) is 29.8 Å². The second kappa shape index (κ2) is 10.2. The predicted octanol–water partition coefficient (Wildman–Crippen LogP) is 4.42. The van der Waals surface area contributed by atoms with Gasteiger partial charge >= 0.3 is 6.61 Å². The molecule has 0 aromatic heterocycles. The number of hydrogen-bond acceptors (Lipinski definition) is 3. The summed E-state index contributed by atoms with van der Waals surface area (Å²) >= 11 is 0. The van der Waals surface area contributed by atoms with E-state index in [9.17, 15) is 18.4 Å². The van der Waals surface area contributed by atoms with E-state index in [4.69, 9.17) is 0 Å². The summed E-state index contributed by atoms with van der Waals surface area (Å²) in [5.41, 5.74) is 1.29. The van der Waals surface area contributed by atoms with Crippen LogP contribution in [-0.2, 0) is 4.79 Å². The van der Waals surface area contributed by atoms with Gasteiger partial charge in [0.2, 0.25) is 5.91 Å². The van der Waals surface area contributed by atoms with Crippen LogP contribution >= 0.6 is 0 Å². The van der Waals surface area contributed by atoms with Crippen molar-refractivity contribution in [2.45, 2.75) is 20.5 Å². The number of para-hydroxylation sites is 1. The maximum Gasteiger partial charge on any atom is 0.387 e. The Hall–Kier alpha value is -3.22. The molecule has 0 radical (unpaired) electrons. The van der Waals surface area contributed by atoms with Crippen molar-refractivity contribution in [2.24, 2.45) is 0 Å². The molecule has 0 fully saturated rings. The van der Waals surface area contributed by atoms with Crippen LogP contribution < -0.4 is 10.1 Å². The van der Waals surface area contributed by atoms with Crippen LogP contribution in [0.4, 0.5) is 14.5 Å². The van der Waals surface area contributed by atoms with E-state index < -0.39 is 12.5 Å². The van der Waals surface area contributed by atoms with Gasteiger partial charge in [-0.3, -0.25) is 9.59 Å². The molecule has 7 heteroatoms. The maximum atomic E-state index is 12.4. The third-order valence-corrected chi connectivity index (χ3v) is 3.98. The third-order valence-electron chi connectivity index (χ3n) is 3.98. The maximum absolute atomic E-state index is 12.4. The lowest BCUT2D eigenvalue weighted by Crippen LogP contribution is -2.30. The number of rotatable bonds is 8. The van der Waals surface area contributed by atoms with Gasteiger partial charge in [-0.25, -0.2) is 0 Å². The molecule has 0 aliphatic rings. The Kier molecular flexibility index (Phi) is 7.68. The number of amides is 2. The minimum Gasteiger partial charge on any atom is -0.434 e. The van der Waals surface area contributed by atoms with Crippen LogP contribution in [0.3, 0.4) is 0 Å². The van der Waals surface area contributed by atoms with Gasteiger partial charge in [0.1, 0.15) is 5.75 Å². The molecule has 0 atom stereocenters. The minimum absolute atomic E-state index is 0.0200. The van der Waals surface area contributed by atoms with Crippen LogP contribution in [-0.4, -0.2) is 36.4 Å². The number of nitrogens with one attached hydrogen (secondary N) is 1. The van der Waals surface area contributed by atoms with Crippen molar-refractivity contribution in [3.05, 3.63) is 65.7 Å². The van der Waals surface area contributed by atoms with E-state index in [0.717, 1.165) is 0 Å². The Balaban J connectivity index is 2.09. The van der Waals surface area contributed by atoms with Gasteiger partial charge in [0, 0.05) is 36.0 Å². The molecule has 0 bridgehead atoms. The second-order valence-electron chi connectivity index (χ2n) is 5.80. The summed E-state index contributed by atoms with van der Waals surface area (Å²) in [6.07, 6.45) is 2.60. The van der Waals surface area contributed by atoms with Crippen LogP contribution in [0, 0.1) is 0 Å². The molecular weight excluding hydrogens is 366 g/mol. The topological polar surface area (TPSA) is 58.6 Å². The van der Waals surface area contributed by atoms with Crippen LogP contribution in [0.2, 0.25) is 0 Å². The van der Waals surface area contributed by atoms with E-state index >= 15 is 0 Å². The van der Waals surface area contributed by atoms with Crippen LogP contribution in [0.25, 0.3) is 6.08 Å². The highest BCUT2D eigenvalue weighted by Gasteiger charge is 2.13. The summed E-state index contributed by atoms with van der Waals surface area (Å²) < 4.78 is 29.3. The Labute approximate surface area is 162 Å². The fourth-order valence-electron chi connectivity index (χ4n) is 2.59. The summed E-state index contributed by atoms with van der Waals surface area (Å²) in [5.74, 6) is -0.595. The number of hydrogen-bond donors (Lipinski definition) is 1. The standard InChI is InChI=1S/C21H22F2N2O3/c1-3-25(4-2)20(27)16-9-7-10-17(14-16)24-19(26)13-12-15-8-5-6-11-18(15)28-21(22)23/h5-14,21H,3-4H2,1-2H3,(H,24,26)/b13-12+. The third kappa shape index (κ3) is 5.90. The van der Waals surface area contributed by atoms with Gasteiger partial charge in [-0.15, -0.1) is 0 Å². The largest absolute Gasteiger partial charge is 0.434 e. The smallest absolute Gasteiger partial charge is 0.387 e. The number of halogens is 2. The summed E-state index contributed by atoms with van der Waals surface area (Å²) in [7, 11) is 0. The van der Waals surface area contributed by atoms with Gasteiger partial charge in [0.05, 0.1) is 0 Å². The molecule has 0 unspecified atom stereocenters. The summed E-state index contributed by atoms with van der Waals surface area (Å²) in [4.78, 5) is 26.3. The van der Waals surface area contributed by atoms with Gasteiger partial charge in [0.25, 0.3) is 5.91 Å². The zero-order chi connectivity index (χ0) is 20.5. The molecule has 2 rings (SSSR count). The molecule has 2 aromatic carbocycles. The van der Waals surface area contributed by atoms with Crippen molar-refractivity contribution >= 4 is 23.6 Å². The van der Waals surface area contributed by atoms with Gasteiger partial charge < -0.3 is 15.0 Å². The average Bonchev–Trinajstić information content (AvgIpc) is 2.68. The zero-order valence-electron chi connectivity index (χ0n) is 15.7. The number of alkyl halides is 2. The minimum atomic E-state index is -2.95.